The van der Waals surface area contributed by atoms with Gasteiger partial charge in [-0.25, -0.2) is 0 Å². The van der Waals surface area contributed by atoms with Crippen molar-refractivity contribution in [2.45, 2.75) is 70.4 Å². The zero-order chi connectivity index (χ0) is 19.2. The van der Waals surface area contributed by atoms with Crippen LogP contribution in [0.25, 0.3) is 0 Å². The predicted molar refractivity (Wildman–Crippen MR) is 111 cm³/mol. The Morgan fingerprint density at radius 1 is 1.07 bits per heavy atom. The highest BCUT2D eigenvalue weighted by molar-refractivity contribution is 5.81. The average Bonchev–Trinajstić information content (AvgIpc) is 3.43. The lowest BCUT2D eigenvalue weighted by atomic mass is 9.85. The van der Waals surface area contributed by atoms with Crippen LogP contribution in [-0.2, 0) is 4.79 Å². The van der Waals surface area contributed by atoms with Gasteiger partial charge in [-0.15, -0.1) is 0 Å². The highest BCUT2D eigenvalue weighted by Gasteiger charge is 2.43. The lowest BCUT2D eigenvalue weighted by molar-refractivity contribution is -0.130. The van der Waals surface area contributed by atoms with Crippen molar-refractivity contribution in [3.8, 4) is 0 Å². The van der Waals surface area contributed by atoms with Crippen molar-refractivity contribution in [3.05, 3.63) is 0 Å². The molecular weight excluding hydrogens is 338 g/mol. The summed E-state index contributed by atoms with van der Waals surface area (Å²) in [6.45, 7) is 5.41. The van der Waals surface area contributed by atoms with Gasteiger partial charge in [0.15, 0.2) is 5.96 Å². The first-order chi connectivity index (χ1) is 13.1. The second-order valence-electron chi connectivity index (χ2n) is 8.85. The van der Waals surface area contributed by atoms with Gasteiger partial charge in [0.25, 0.3) is 0 Å². The average molecular weight is 378 g/mol. The van der Waals surface area contributed by atoms with Crippen LogP contribution in [0.4, 0.5) is 0 Å². The predicted octanol–water partition coefficient (Wildman–Crippen LogP) is 2.06. The van der Waals surface area contributed by atoms with Crippen LogP contribution in [0.3, 0.4) is 0 Å². The van der Waals surface area contributed by atoms with Crippen molar-refractivity contribution < 1.29 is 4.79 Å². The summed E-state index contributed by atoms with van der Waals surface area (Å²) in [4.78, 5) is 20.5. The van der Waals surface area contributed by atoms with Crippen molar-refractivity contribution in [1.82, 2.24) is 20.4 Å². The monoisotopic (exact) mass is 377 g/mol. The fraction of sp³-hybridized carbons (Fsp3) is 0.905. The van der Waals surface area contributed by atoms with E-state index in [1.807, 2.05) is 14.1 Å². The zero-order valence-corrected chi connectivity index (χ0v) is 17.5. The second-order valence-corrected chi connectivity index (χ2v) is 8.85. The van der Waals surface area contributed by atoms with Crippen LogP contribution >= 0.6 is 0 Å². The molecule has 0 bridgehead atoms. The summed E-state index contributed by atoms with van der Waals surface area (Å²) in [5, 5.41) is 7.37. The minimum absolute atomic E-state index is 0.193. The Balaban J connectivity index is 1.40. The standard InChI is InChI=1S/C21H39N5O/c1-4-22-21(24-19-14-18(19)16-8-6-5-7-9-16)23-17-10-12-26(13-11-17)15-20(27)25(2)3/h16-19H,4-15H2,1-3H3,(H2,22,23,24). The number of amides is 1. The Hall–Kier alpha value is -1.30. The van der Waals surface area contributed by atoms with Crippen LogP contribution in [0.1, 0.15) is 58.3 Å². The lowest BCUT2D eigenvalue weighted by Crippen LogP contribution is -2.50. The molecule has 0 aromatic heterocycles. The molecule has 154 valence electrons. The van der Waals surface area contributed by atoms with Gasteiger partial charge in [0.2, 0.25) is 5.91 Å². The Bertz CT molecular complexity index is 507. The molecule has 0 aromatic carbocycles. The lowest BCUT2D eigenvalue weighted by Gasteiger charge is -2.33. The number of nitrogens with one attached hydrogen (secondary N) is 2. The van der Waals surface area contributed by atoms with E-state index in [0.29, 0.717) is 18.6 Å². The van der Waals surface area contributed by atoms with Crippen molar-refractivity contribution in [3.63, 3.8) is 0 Å². The number of guanidine groups is 1. The first-order valence-electron chi connectivity index (χ1n) is 11.1. The third kappa shape index (κ3) is 6.09. The summed E-state index contributed by atoms with van der Waals surface area (Å²) in [5.41, 5.74) is 0. The summed E-state index contributed by atoms with van der Waals surface area (Å²) < 4.78 is 0. The van der Waals surface area contributed by atoms with Gasteiger partial charge in [0.05, 0.1) is 6.54 Å². The number of hydrogen-bond donors (Lipinski definition) is 2. The van der Waals surface area contributed by atoms with Gasteiger partial charge in [-0.1, -0.05) is 32.1 Å². The Morgan fingerprint density at radius 2 is 1.78 bits per heavy atom. The van der Waals surface area contributed by atoms with Gasteiger partial charge in [-0.2, -0.15) is 0 Å². The van der Waals surface area contributed by atoms with Crippen LogP contribution in [0.2, 0.25) is 0 Å². The number of carbonyl (C=O) groups excluding carboxylic acids is 1. The van der Waals surface area contributed by atoms with Crippen molar-refractivity contribution >= 4 is 11.9 Å². The molecule has 6 nitrogen and oxygen atoms in total. The Kier molecular flexibility index (Phi) is 7.39. The molecule has 1 saturated heterocycles. The van der Waals surface area contributed by atoms with Crippen LogP contribution in [0.5, 0.6) is 0 Å². The highest BCUT2D eigenvalue weighted by atomic mass is 16.2. The number of piperidine rings is 1. The maximum Gasteiger partial charge on any atom is 0.236 e. The van der Waals surface area contributed by atoms with Gasteiger partial charge < -0.3 is 15.5 Å². The molecule has 2 atom stereocenters. The van der Waals surface area contributed by atoms with E-state index in [-0.39, 0.29) is 5.91 Å². The zero-order valence-electron chi connectivity index (χ0n) is 17.5. The maximum atomic E-state index is 11.9. The molecule has 1 amide bonds. The third-order valence-electron chi connectivity index (χ3n) is 6.52. The normalized spacial score (nSPS) is 28.0. The van der Waals surface area contributed by atoms with E-state index in [9.17, 15) is 4.79 Å². The Morgan fingerprint density at radius 3 is 2.41 bits per heavy atom. The second kappa shape index (κ2) is 9.76. The summed E-state index contributed by atoms with van der Waals surface area (Å²) in [7, 11) is 3.66. The van der Waals surface area contributed by atoms with Crippen molar-refractivity contribution in [1.29, 1.82) is 0 Å². The quantitative estimate of drug-likeness (QED) is 0.549. The summed E-state index contributed by atoms with van der Waals surface area (Å²) >= 11 is 0. The van der Waals surface area contributed by atoms with E-state index in [1.165, 1.54) is 38.5 Å². The molecule has 1 aliphatic heterocycles. The number of aliphatic imine (C=N–C) groups is 1. The van der Waals surface area contributed by atoms with Crippen LogP contribution in [-0.4, -0.2) is 74.0 Å². The van der Waals surface area contributed by atoms with Crippen LogP contribution < -0.4 is 10.6 Å². The van der Waals surface area contributed by atoms with E-state index >= 15 is 0 Å². The van der Waals surface area contributed by atoms with E-state index in [2.05, 4.69) is 27.4 Å². The van der Waals surface area contributed by atoms with Gasteiger partial charge in [-0.3, -0.25) is 14.7 Å². The van der Waals surface area contributed by atoms with Gasteiger partial charge in [-0.05, 0) is 38.0 Å². The first kappa shape index (κ1) is 20.4. The number of carbonyl (C=O) groups is 1. The SMILES string of the molecule is CCN=C(NC1CCN(CC(=O)N(C)C)CC1)NC1CC1C1CCCCC1. The molecule has 0 radical (unpaired) electrons. The molecule has 1 heterocycles. The molecule has 3 rings (SSSR count). The third-order valence-corrected chi connectivity index (χ3v) is 6.52. The largest absolute Gasteiger partial charge is 0.354 e. The molecule has 2 unspecified atom stereocenters. The number of likely N-dealkylation sites (tertiary alicyclic amines) is 1. The number of rotatable bonds is 6. The van der Waals surface area contributed by atoms with Crippen molar-refractivity contribution in [2.24, 2.45) is 16.8 Å². The van der Waals surface area contributed by atoms with Crippen molar-refractivity contribution in [2.75, 3.05) is 40.3 Å². The fourth-order valence-electron chi connectivity index (χ4n) is 4.69. The van der Waals surface area contributed by atoms with E-state index < -0.39 is 0 Å². The Labute approximate surface area is 165 Å². The molecule has 2 N–H and O–H groups in total. The molecule has 2 saturated carbocycles. The van der Waals surface area contributed by atoms with Gasteiger partial charge >= 0.3 is 0 Å². The fourth-order valence-corrected chi connectivity index (χ4v) is 4.69. The number of likely N-dealkylation sites (N-methyl/N-ethyl adjacent to an activating group) is 1. The molecular formula is C21H39N5O. The minimum atomic E-state index is 0.193. The first-order valence-corrected chi connectivity index (χ1v) is 11.1. The summed E-state index contributed by atoms with van der Waals surface area (Å²) in [5.74, 6) is 3.01. The van der Waals surface area contributed by atoms with E-state index in [0.717, 1.165) is 50.3 Å². The molecule has 6 heteroatoms. The maximum absolute atomic E-state index is 11.9. The smallest absolute Gasteiger partial charge is 0.236 e. The molecule has 2 aliphatic carbocycles. The highest BCUT2D eigenvalue weighted by Crippen LogP contribution is 2.44. The van der Waals surface area contributed by atoms with E-state index in [4.69, 9.17) is 0 Å². The molecule has 3 fully saturated rings. The molecule has 3 aliphatic rings. The molecule has 27 heavy (non-hydrogen) atoms. The minimum Gasteiger partial charge on any atom is -0.354 e. The number of hydrogen-bond acceptors (Lipinski definition) is 3. The summed E-state index contributed by atoms with van der Waals surface area (Å²) in [6.07, 6.45) is 10.6. The van der Waals surface area contributed by atoms with Crippen LogP contribution in [0, 0.1) is 11.8 Å². The van der Waals surface area contributed by atoms with E-state index in [1.54, 1.807) is 4.90 Å². The summed E-state index contributed by atoms with van der Waals surface area (Å²) in [6, 6.07) is 1.09. The molecule has 0 spiro atoms. The molecule has 0 aromatic rings. The van der Waals surface area contributed by atoms with Gasteiger partial charge in [0, 0.05) is 45.8 Å². The number of nitrogens with zero attached hydrogens (tertiary/aromatic N) is 3. The van der Waals surface area contributed by atoms with Gasteiger partial charge in [0.1, 0.15) is 0 Å². The topological polar surface area (TPSA) is 60.0 Å². The van der Waals surface area contributed by atoms with Crippen LogP contribution in [0.15, 0.2) is 4.99 Å².